The molecule has 2 amide bonds. The highest BCUT2D eigenvalue weighted by Crippen LogP contribution is 2.09. The maximum atomic E-state index is 13.4. The molecule has 7 heteroatoms. The van der Waals surface area contributed by atoms with Crippen LogP contribution in [0.5, 0.6) is 0 Å². The summed E-state index contributed by atoms with van der Waals surface area (Å²) in [7, 11) is 0. The zero-order chi connectivity index (χ0) is 17.7. The summed E-state index contributed by atoms with van der Waals surface area (Å²) < 4.78 is 13.4. The van der Waals surface area contributed by atoms with Crippen molar-refractivity contribution in [2.45, 2.75) is 13.8 Å². The zero-order valence-electron chi connectivity index (χ0n) is 13.4. The summed E-state index contributed by atoms with van der Waals surface area (Å²) in [5, 5.41) is 5.20. The molecule has 0 unspecified atom stereocenters. The molecular formula is C17H18FN3O3. The van der Waals surface area contributed by atoms with E-state index in [4.69, 9.17) is 0 Å². The van der Waals surface area contributed by atoms with Crippen molar-refractivity contribution < 1.29 is 18.8 Å². The van der Waals surface area contributed by atoms with Crippen LogP contribution in [0.3, 0.4) is 0 Å². The fourth-order valence-corrected chi connectivity index (χ4v) is 2.01. The molecule has 0 aliphatic heterocycles. The second-order valence-electron chi connectivity index (χ2n) is 5.33. The molecule has 0 saturated carbocycles. The van der Waals surface area contributed by atoms with E-state index in [1.807, 2.05) is 0 Å². The van der Waals surface area contributed by atoms with Gasteiger partial charge in [0.15, 0.2) is 5.78 Å². The highest BCUT2D eigenvalue weighted by atomic mass is 19.1. The summed E-state index contributed by atoms with van der Waals surface area (Å²) in [6.07, 6.45) is 1.46. The zero-order valence-corrected chi connectivity index (χ0v) is 13.4. The summed E-state index contributed by atoms with van der Waals surface area (Å²) in [4.78, 5) is 37.6. The molecule has 0 atom stereocenters. The quantitative estimate of drug-likeness (QED) is 0.557. The van der Waals surface area contributed by atoms with Crippen LogP contribution in [0.4, 0.5) is 4.39 Å². The van der Waals surface area contributed by atoms with E-state index in [2.05, 4.69) is 15.6 Å². The van der Waals surface area contributed by atoms with Gasteiger partial charge in [0.2, 0.25) is 0 Å². The monoisotopic (exact) mass is 331 g/mol. The van der Waals surface area contributed by atoms with E-state index in [9.17, 15) is 18.8 Å². The van der Waals surface area contributed by atoms with Crippen LogP contribution in [-0.2, 0) is 0 Å². The van der Waals surface area contributed by atoms with Gasteiger partial charge in [0.05, 0.1) is 0 Å². The number of aryl methyl sites for hydroxylation is 1. The van der Waals surface area contributed by atoms with Gasteiger partial charge in [0.1, 0.15) is 11.5 Å². The Morgan fingerprint density at radius 3 is 2.29 bits per heavy atom. The Morgan fingerprint density at radius 2 is 1.71 bits per heavy atom. The number of H-pyrrole nitrogens is 1. The number of carbonyl (C=O) groups is 3. The molecule has 24 heavy (non-hydrogen) atoms. The molecule has 0 spiro atoms. The standard InChI is InChI=1S/C17H18FN3O3/c1-10-3-4-12(7-14(10)18)16(23)19-5-6-20-17(24)15-8-13(9-21-15)11(2)22/h3-4,7-9,21H,5-6H2,1-2H3,(H,19,23)(H,20,24). The van der Waals surface area contributed by atoms with Crippen molar-refractivity contribution in [3.05, 3.63) is 58.7 Å². The lowest BCUT2D eigenvalue weighted by Crippen LogP contribution is -2.34. The minimum atomic E-state index is -0.441. The highest BCUT2D eigenvalue weighted by molar-refractivity contribution is 5.99. The lowest BCUT2D eigenvalue weighted by Gasteiger charge is -2.07. The van der Waals surface area contributed by atoms with Gasteiger partial charge in [-0.25, -0.2) is 4.39 Å². The van der Waals surface area contributed by atoms with Gasteiger partial charge in [-0.15, -0.1) is 0 Å². The van der Waals surface area contributed by atoms with Gasteiger partial charge in [-0.3, -0.25) is 14.4 Å². The first kappa shape index (κ1) is 17.4. The van der Waals surface area contributed by atoms with Crippen LogP contribution < -0.4 is 10.6 Å². The number of carbonyl (C=O) groups excluding carboxylic acids is 3. The summed E-state index contributed by atoms with van der Waals surface area (Å²) in [6, 6.07) is 5.70. The van der Waals surface area contributed by atoms with Crippen LogP contribution in [0.25, 0.3) is 0 Å². The van der Waals surface area contributed by atoms with E-state index in [-0.39, 0.29) is 36.0 Å². The third-order valence-electron chi connectivity index (χ3n) is 3.46. The minimum absolute atomic E-state index is 0.136. The van der Waals surface area contributed by atoms with E-state index in [0.29, 0.717) is 11.1 Å². The fraction of sp³-hybridized carbons (Fsp3) is 0.235. The molecule has 0 bridgehead atoms. The number of ketones is 1. The number of benzene rings is 1. The van der Waals surface area contributed by atoms with Gasteiger partial charge in [0.25, 0.3) is 11.8 Å². The summed E-state index contributed by atoms with van der Waals surface area (Å²) >= 11 is 0. The fourth-order valence-electron chi connectivity index (χ4n) is 2.01. The highest BCUT2D eigenvalue weighted by Gasteiger charge is 2.11. The third kappa shape index (κ3) is 4.28. The van der Waals surface area contributed by atoms with E-state index in [0.717, 1.165) is 0 Å². The Bertz CT molecular complexity index is 783. The molecule has 0 aliphatic carbocycles. The Labute approximate surface area is 138 Å². The van der Waals surface area contributed by atoms with Crippen molar-refractivity contribution >= 4 is 17.6 Å². The Morgan fingerprint density at radius 1 is 1.04 bits per heavy atom. The maximum absolute atomic E-state index is 13.4. The van der Waals surface area contributed by atoms with Crippen molar-refractivity contribution in [2.75, 3.05) is 13.1 Å². The van der Waals surface area contributed by atoms with Crippen molar-refractivity contribution in [2.24, 2.45) is 0 Å². The Kier molecular flexibility index (Phi) is 5.47. The predicted octanol–water partition coefficient (Wildman–Crippen LogP) is 1.82. The van der Waals surface area contributed by atoms with Crippen LogP contribution in [0.1, 0.15) is 43.7 Å². The lowest BCUT2D eigenvalue weighted by atomic mass is 10.1. The summed E-state index contributed by atoms with van der Waals surface area (Å²) in [6.45, 7) is 3.42. The number of hydrogen-bond donors (Lipinski definition) is 3. The molecule has 2 rings (SSSR count). The molecule has 0 aliphatic rings. The van der Waals surface area contributed by atoms with Crippen LogP contribution in [0.2, 0.25) is 0 Å². The molecule has 126 valence electrons. The molecule has 0 radical (unpaired) electrons. The number of amides is 2. The number of aromatic nitrogens is 1. The van der Waals surface area contributed by atoms with Crippen molar-refractivity contribution in [1.29, 1.82) is 0 Å². The number of Topliss-reactive ketones (excluding diaryl/α,β-unsaturated/α-hetero) is 1. The normalized spacial score (nSPS) is 10.3. The molecule has 3 N–H and O–H groups in total. The van der Waals surface area contributed by atoms with Crippen LogP contribution in [0, 0.1) is 12.7 Å². The first-order valence-electron chi connectivity index (χ1n) is 7.40. The van der Waals surface area contributed by atoms with Crippen molar-refractivity contribution in [1.82, 2.24) is 15.6 Å². The molecule has 0 saturated heterocycles. The van der Waals surface area contributed by atoms with Gasteiger partial charge in [-0.1, -0.05) is 6.07 Å². The Hall–Kier alpha value is -2.96. The second-order valence-corrected chi connectivity index (χ2v) is 5.33. The maximum Gasteiger partial charge on any atom is 0.267 e. The number of nitrogens with one attached hydrogen (secondary N) is 3. The van der Waals surface area contributed by atoms with Crippen LogP contribution >= 0.6 is 0 Å². The van der Waals surface area contributed by atoms with E-state index in [1.54, 1.807) is 6.92 Å². The SMILES string of the molecule is CC(=O)c1c[nH]c(C(=O)NCCNC(=O)c2ccc(C)c(F)c2)c1. The van der Waals surface area contributed by atoms with E-state index >= 15 is 0 Å². The van der Waals surface area contributed by atoms with Gasteiger partial charge < -0.3 is 15.6 Å². The third-order valence-corrected chi connectivity index (χ3v) is 3.46. The topological polar surface area (TPSA) is 91.1 Å². The van der Waals surface area contributed by atoms with E-state index < -0.39 is 11.7 Å². The number of aromatic amines is 1. The molecular weight excluding hydrogens is 313 g/mol. The van der Waals surface area contributed by atoms with Crippen LogP contribution in [0.15, 0.2) is 30.5 Å². The lowest BCUT2D eigenvalue weighted by molar-refractivity contribution is 0.0925. The molecule has 1 aromatic heterocycles. The average molecular weight is 331 g/mol. The first-order valence-corrected chi connectivity index (χ1v) is 7.40. The van der Waals surface area contributed by atoms with Gasteiger partial charge >= 0.3 is 0 Å². The van der Waals surface area contributed by atoms with Gasteiger partial charge in [-0.05, 0) is 37.6 Å². The molecule has 1 heterocycles. The van der Waals surface area contributed by atoms with Crippen molar-refractivity contribution in [3.63, 3.8) is 0 Å². The number of hydrogen-bond acceptors (Lipinski definition) is 3. The minimum Gasteiger partial charge on any atom is -0.356 e. The molecule has 2 aromatic rings. The predicted molar refractivity (Wildman–Crippen MR) is 86.6 cm³/mol. The Balaban J connectivity index is 1.79. The van der Waals surface area contributed by atoms with Crippen LogP contribution in [-0.4, -0.2) is 35.7 Å². The number of rotatable bonds is 6. The summed E-state index contributed by atoms with van der Waals surface area (Å²) in [5.74, 6) is -1.37. The average Bonchev–Trinajstić information content (AvgIpc) is 3.04. The first-order chi connectivity index (χ1) is 11.4. The van der Waals surface area contributed by atoms with Gasteiger partial charge in [-0.2, -0.15) is 0 Å². The smallest absolute Gasteiger partial charge is 0.267 e. The molecule has 0 fully saturated rings. The largest absolute Gasteiger partial charge is 0.356 e. The van der Waals surface area contributed by atoms with E-state index in [1.165, 1.54) is 37.4 Å². The van der Waals surface area contributed by atoms with Crippen molar-refractivity contribution in [3.8, 4) is 0 Å². The molecule has 1 aromatic carbocycles. The summed E-state index contributed by atoms with van der Waals surface area (Å²) in [5.41, 5.74) is 1.39. The number of halogens is 1. The second kappa shape index (κ2) is 7.54. The molecule has 6 nitrogen and oxygen atoms in total. The van der Waals surface area contributed by atoms with Gasteiger partial charge in [0, 0.05) is 30.4 Å².